The van der Waals surface area contributed by atoms with E-state index in [0.29, 0.717) is 6.67 Å². The average Bonchev–Trinajstić information content (AvgIpc) is 2.23. The average molecular weight is 208 g/mol. The first-order chi connectivity index (χ1) is 7.18. The van der Waals surface area contributed by atoms with Crippen LogP contribution in [0.1, 0.15) is 6.92 Å². The van der Waals surface area contributed by atoms with Gasteiger partial charge in [0.05, 0.1) is 6.67 Å². The summed E-state index contributed by atoms with van der Waals surface area (Å²) in [4.78, 5) is 10.5. The summed E-state index contributed by atoms with van der Waals surface area (Å²) in [6, 6.07) is 6.63. The van der Waals surface area contributed by atoms with E-state index in [-0.39, 0.29) is 11.7 Å². The Kier molecular flexibility index (Phi) is 6.46. The number of hydrogen-bond acceptors (Lipinski definition) is 3. The van der Waals surface area contributed by atoms with Gasteiger partial charge in [-0.2, -0.15) is 0 Å². The number of phenols is 1. The minimum absolute atomic E-state index is 0.0775. The second-order valence-corrected chi connectivity index (χ2v) is 2.63. The quantitative estimate of drug-likeness (QED) is 0.298. The zero-order valence-electron chi connectivity index (χ0n) is 8.28. The molecule has 0 fully saturated rings. The molecule has 0 aliphatic carbocycles. The molecular formula is C10H12N2O3. The summed E-state index contributed by atoms with van der Waals surface area (Å²) < 4.78 is 7.50. The van der Waals surface area contributed by atoms with Gasteiger partial charge in [0.1, 0.15) is 5.75 Å². The molecule has 5 nitrogen and oxygen atoms in total. The molecule has 1 aromatic carbocycles. The van der Waals surface area contributed by atoms with Crippen molar-refractivity contribution in [2.75, 3.05) is 12.0 Å². The van der Waals surface area contributed by atoms with Crippen molar-refractivity contribution in [1.29, 1.82) is 0 Å². The van der Waals surface area contributed by atoms with Gasteiger partial charge in [0.25, 0.3) is 0 Å². The molecule has 5 heteroatoms. The van der Waals surface area contributed by atoms with Crippen molar-refractivity contribution in [1.82, 2.24) is 5.32 Å². The van der Waals surface area contributed by atoms with Crippen molar-refractivity contribution in [2.24, 2.45) is 0 Å². The van der Waals surface area contributed by atoms with Crippen LogP contribution in [0.5, 0.6) is 5.75 Å². The molecule has 0 aliphatic heterocycles. The van der Waals surface area contributed by atoms with E-state index in [4.69, 9.17) is 9.76 Å². The van der Waals surface area contributed by atoms with E-state index in [1.807, 2.05) is 0 Å². The number of nitrogens with one attached hydrogen (secondary N) is 2. The SMILES string of the molecule is CC(=O)NCNc1ccc(O)cc1.[C-]#[O+]. The Labute approximate surface area is 87.8 Å². The molecule has 1 amide bonds. The van der Waals surface area contributed by atoms with E-state index in [1.54, 1.807) is 24.3 Å². The number of carbonyl (C=O) groups excluding carboxylic acids is 1. The third-order valence-corrected chi connectivity index (χ3v) is 1.50. The molecule has 0 radical (unpaired) electrons. The predicted molar refractivity (Wildman–Crippen MR) is 54.3 cm³/mol. The fraction of sp³-hybridized carbons (Fsp3) is 0.200. The van der Waals surface area contributed by atoms with Gasteiger partial charge in [0.15, 0.2) is 0 Å². The van der Waals surface area contributed by atoms with E-state index in [0.717, 1.165) is 5.69 Å². The van der Waals surface area contributed by atoms with Crippen LogP contribution in [0.3, 0.4) is 0 Å². The summed E-state index contributed by atoms with van der Waals surface area (Å²) in [5, 5.41) is 14.5. The molecule has 0 spiro atoms. The predicted octanol–water partition coefficient (Wildman–Crippen LogP) is 0.860. The van der Waals surface area contributed by atoms with Crippen molar-refractivity contribution < 1.29 is 14.6 Å². The fourth-order valence-corrected chi connectivity index (χ4v) is 0.850. The molecule has 0 aromatic heterocycles. The Balaban J connectivity index is 0.000000921. The van der Waals surface area contributed by atoms with E-state index >= 15 is 0 Å². The maximum atomic E-state index is 10.5. The third kappa shape index (κ3) is 6.15. The Morgan fingerprint density at radius 1 is 1.40 bits per heavy atom. The van der Waals surface area contributed by atoms with Crippen LogP contribution in [-0.4, -0.2) is 17.7 Å². The Bertz CT molecular complexity index is 319. The molecule has 0 saturated heterocycles. The van der Waals surface area contributed by atoms with Gasteiger partial charge in [-0.3, -0.25) is 4.79 Å². The molecule has 15 heavy (non-hydrogen) atoms. The number of aromatic hydroxyl groups is 1. The van der Waals surface area contributed by atoms with Crippen LogP contribution in [0.4, 0.5) is 5.69 Å². The zero-order chi connectivity index (χ0) is 11.7. The van der Waals surface area contributed by atoms with E-state index < -0.39 is 0 Å². The molecule has 1 aromatic rings. The third-order valence-electron chi connectivity index (χ3n) is 1.50. The minimum atomic E-state index is -0.0775. The summed E-state index contributed by atoms with van der Waals surface area (Å²) in [5.74, 6) is 0.149. The van der Waals surface area contributed by atoms with Crippen LogP contribution in [0.15, 0.2) is 24.3 Å². The number of phenolic OH excluding ortho intramolecular Hbond substituents is 1. The Hall–Kier alpha value is -1.97. The summed E-state index contributed by atoms with van der Waals surface area (Å²) in [6.45, 7) is 6.35. The van der Waals surface area contributed by atoms with Gasteiger partial charge >= 0.3 is 11.3 Å². The summed E-state index contributed by atoms with van der Waals surface area (Å²) in [6.07, 6.45) is 0. The first kappa shape index (κ1) is 13.0. The van der Waals surface area contributed by atoms with Crippen molar-refractivity contribution in [3.8, 4) is 5.75 Å². The van der Waals surface area contributed by atoms with Crippen molar-refractivity contribution in [3.63, 3.8) is 0 Å². The van der Waals surface area contributed by atoms with E-state index in [9.17, 15) is 4.79 Å². The zero-order valence-corrected chi connectivity index (χ0v) is 8.28. The standard InChI is InChI=1S/C9H12N2O2.CO/c1-7(12)10-6-11-8-2-4-9(13)5-3-8;1-2/h2-5,11,13H,6H2,1H3,(H,10,12);. The number of amides is 1. The molecule has 3 N–H and O–H groups in total. The van der Waals surface area contributed by atoms with Crippen LogP contribution in [-0.2, 0) is 9.45 Å². The van der Waals surface area contributed by atoms with Crippen LogP contribution in [0.2, 0.25) is 0 Å². The molecule has 0 heterocycles. The Morgan fingerprint density at radius 2 is 1.93 bits per heavy atom. The number of rotatable bonds is 3. The number of benzene rings is 1. The maximum absolute atomic E-state index is 10.5. The van der Waals surface area contributed by atoms with Crippen LogP contribution in [0, 0.1) is 6.65 Å². The first-order valence-electron chi connectivity index (χ1n) is 4.16. The Morgan fingerprint density at radius 3 is 2.40 bits per heavy atom. The monoisotopic (exact) mass is 208 g/mol. The molecule has 0 bridgehead atoms. The van der Waals surface area contributed by atoms with Gasteiger partial charge in [0.2, 0.25) is 5.91 Å². The summed E-state index contributed by atoms with van der Waals surface area (Å²) in [5.41, 5.74) is 0.853. The number of carbonyl (C=O) groups is 1. The van der Waals surface area contributed by atoms with Crippen LogP contribution in [0.25, 0.3) is 0 Å². The summed E-state index contributed by atoms with van der Waals surface area (Å²) in [7, 11) is 0. The molecule has 0 atom stereocenters. The molecular weight excluding hydrogens is 196 g/mol. The molecule has 1 rings (SSSR count). The van der Waals surface area contributed by atoms with Crippen molar-refractivity contribution in [2.45, 2.75) is 6.92 Å². The number of hydrogen-bond donors (Lipinski definition) is 3. The van der Waals surface area contributed by atoms with Gasteiger partial charge in [0, 0.05) is 12.6 Å². The normalized spacial score (nSPS) is 8.20. The first-order valence-corrected chi connectivity index (χ1v) is 4.16. The van der Waals surface area contributed by atoms with Crippen molar-refractivity contribution >= 4 is 11.6 Å². The molecule has 0 saturated carbocycles. The second kappa shape index (κ2) is 7.44. The second-order valence-electron chi connectivity index (χ2n) is 2.63. The summed E-state index contributed by atoms with van der Waals surface area (Å²) >= 11 is 0. The molecule has 0 unspecified atom stereocenters. The van der Waals surface area contributed by atoms with Gasteiger partial charge in [-0.15, -0.1) is 0 Å². The van der Waals surface area contributed by atoms with E-state index in [2.05, 4.69) is 17.3 Å². The number of anilines is 1. The topological polar surface area (TPSA) is 81.3 Å². The van der Waals surface area contributed by atoms with Gasteiger partial charge in [-0.25, -0.2) is 0 Å². The fourth-order valence-electron chi connectivity index (χ4n) is 0.850. The van der Waals surface area contributed by atoms with Gasteiger partial charge in [-0.05, 0) is 24.3 Å². The van der Waals surface area contributed by atoms with Crippen LogP contribution < -0.4 is 10.6 Å². The van der Waals surface area contributed by atoms with Crippen LogP contribution >= 0.6 is 0 Å². The van der Waals surface area contributed by atoms with Gasteiger partial charge in [-0.1, -0.05) is 0 Å². The van der Waals surface area contributed by atoms with E-state index in [1.165, 1.54) is 6.92 Å². The molecule has 0 aliphatic rings. The van der Waals surface area contributed by atoms with Crippen molar-refractivity contribution in [3.05, 3.63) is 30.9 Å². The van der Waals surface area contributed by atoms with Gasteiger partial charge < -0.3 is 15.7 Å². The molecule has 80 valence electrons.